The summed E-state index contributed by atoms with van der Waals surface area (Å²) in [6.07, 6.45) is -3.63. The third-order valence-electron chi connectivity index (χ3n) is 4.17. The van der Waals surface area contributed by atoms with E-state index in [2.05, 4.69) is 5.10 Å². The lowest BCUT2D eigenvalue weighted by molar-refractivity contribution is -0.139. The quantitative estimate of drug-likeness (QED) is 0.564. The Kier molecular flexibility index (Phi) is 6.07. The van der Waals surface area contributed by atoms with Gasteiger partial charge in [-0.15, -0.1) is 0 Å². The highest BCUT2D eigenvalue weighted by Gasteiger charge is 2.38. The number of hydrogen-bond acceptors (Lipinski definition) is 4. The molecule has 28 heavy (non-hydrogen) atoms. The molecule has 1 aliphatic heterocycles. The maximum atomic E-state index is 13.9. The second kappa shape index (κ2) is 7.82. The standard InChI is InChI=1S/C17H15F4N3O3.H2S/c1-3-27-16(26)11-7-22-24-9(2)8-23(15(25)14(11)24)10-4-5-12(13(18)6-10)17(19,20)21;/h4-7,9H,3,8H2,1-2H3;1H2/t9-;/m0./s1. The van der Waals surface area contributed by atoms with Crippen LogP contribution < -0.4 is 4.90 Å². The fourth-order valence-corrected chi connectivity index (χ4v) is 2.94. The van der Waals surface area contributed by atoms with E-state index in [0.717, 1.165) is 11.0 Å². The van der Waals surface area contributed by atoms with E-state index in [1.807, 2.05) is 0 Å². The molecule has 0 fully saturated rings. The number of anilines is 1. The molecule has 0 saturated carbocycles. The minimum absolute atomic E-state index is 0. The van der Waals surface area contributed by atoms with Crippen LogP contribution in [0.15, 0.2) is 24.4 Å². The summed E-state index contributed by atoms with van der Waals surface area (Å²) in [5.74, 6) is -2.89. The first kappa shape index (κ1) is 21.7. The molecule has 1 aromatic carbocycles. The Morgan fingerprint density at radius 2 is 2.04 bits per heavy atom. The van der Waals surface area contributed by atoms with Gasteiger partial charge >= 0.3 is 12.1 Å². The molecule has 1 amide bonds. The summed E-state index contributed by atoms with van der Waals surface area (Å²) in [6.45, 7) is 3.47. The number of carbonyl (C=O) groups is 2. The number of hydrogen-bond donors (Lipinski definition) is 0. The summed E-state index contributed by atoms with van der Waals surface area (Å²) in [4.78, 5) is 26.0. The van der Waals surface area contributed by atoms with Crippen LogP contribution in [-0.2, 0) is 10.9 Å². The third kappa shape index (κ3) is 3.71. The molecule has 0 spiro atoms. The summed E-state index contributed by atoms with van der Waals surface area (Å²) >= 11 is 0. The highest BCUT2D eigenvalue weighted by molar-refractivity contribution is 7.59. The van der Waals surface area contributed by atoms with Crippen molar-refractivity contribution in [1.82, 2.24) is 9.78 Å². The van der Waals surface area contributed by atoms with E-state index in [4.69, 9.17) is 4.74 Å². The lowest BCUT2D eigenvalue weighted by Crippen LogP contribution is -2.43. The number of nitrogens with zero attached hydrogens (tertiary/aromatic N) is 3. The Morgan fingerprint density at radius 3 is 2.61 bits per heavy atom. The zero-order chi connectivity index (χ0) is 19.9. The number of amides is 1. The van der Waals surface area contributed by atoms with Crippen LogP contribution >= 0.6 is 13.5 Å². The van der Waals surface area contributed by atoms with Crippen molar-refractivity contribution in [3.63, 3.8) is 0 Å². The minimum atomic E-state index is -4.84. The van der Waals surface area contributed by atoms with Gasteiger partial charge in [0.25, 0.3) is 5.91 Å². The van der Waals surface area contributed by atoms with Crippen LogP contribution in [-0.4, -0.2) is 34.8 Å². The molecule has 0 radical (unpaired) electrons. The Morgan fingerprint density at radius 1 is 1.36 bits per heavy atom. The van der Waals surface area contributed by atoms with Gasteiger partial charge in [0.05, 0.1) is 24.4 Å². The Labute approximate surface area is 164 Å². The first-order valence-electron chi connectivity index (χ1n) is 8.08. The van der Waals surface area contributed by atoms with Crippen molar-refractivity contribution in [2.45, 2.75) is 26.1 Å². The van der Waals surface area contributed by atoms with Crippen molar-refractivity contribution in [1.29, 1.82) is 0 Å². The number of rotatable bonds is 3. The largest absolute Gasteiger partial charge is 0.462 e. The molecule has 2 aromatic rings. The molecule has 6 nitrogen and oxygen atoms in total. The van der Waals surface area contributed by atoms with Crippen molar-refractivity contribution in [3.05, 3.63) is 47.0 Å². The number of benzene rings is 1. The van der Waals surface area contributed by atoms with Gasteiger partial charge < -0.3 is 9.64 Å². The summed E-state index contributed by atoms with van der Waals surface area (Å²) in [6, 6.07) is 1.88. The molecule has 0 aliphatic carbocycles. The highest BCUT2D eigenvalue weighted by atomic mass is 32.1. The van der Waals surface area contributed by atoms with Gasteiger partial charge in [0.1, 0.15) is 17.1 Å². The first-order chi connectivity index (χ1) is 12.6. The van der Waals surface area contributed by atoms with Crippen LogP contribution in [0.2, 0.25) is 0 Å². The number of ether oxygens (including phenoxy) is 1. The van der Waals surface area contributed by atoms with Crippen molar-refractivity contribution in [2.24, 2.45) is 0 Å². The highest BCUT2D eigenvalue weighted by Crippen LogP contribution is 2.34. The third-order valence-corrected chi connectivity index (χ3v) is 4.17. The number of carbonyl (C=O) groups excluding carboxylic acids is 2. The Bertz CT molecular complexity index is 914. The van der Waals surface area contributed by atoms with Crippen molar-refractivity contribution in [3.8, 4) is 0 Å². The van der Waals surface area contributed by atoms with Crippen molar-refractivity contribution < 1.29 is 31.9 Å². The van der Waals surface area contributed by atoms with Gasteiger partial charge in [-0.05, 0) is 32.0 Å². The van der Waals surface area contributed by atoms with Crippen LogP contribution in [0, 0.1) is 5.82 Å². The summed E-state index contributed by atoms with van der Waals surface area (Å²) < 4.78 is 58.4. The second-order valence-corrected chi connectivity index (χ2v) is 6.00. The molecular weight excluding hydrogens is 402 g/mol. The minimum Gasteiger partial charge on any atom is -0.462 e. The molecule has 0 bridgehead atoms. The number of aromatic nitrogens is 2. The number of halogens is 4. The molecule has 3 rings (SSSR count). The van der Waals surface area contributed by atoms with E-state index in [1.54, 1.807) is 13.8 Å². The van der Waals surface area contributed by atoms with Gasteiger partial charge in [0.15, 0.2) is 0 Å². The Balaban J connectivity index is 0.00000280. The van der Waals surface area contributed by atoms with E-state index < -0.39 is 29.4 Å². The molecule has 11 heteroatoms. The molecule has 0 unspecified atom stereocenters. The fraction of sp³-hybridized carbons (Fsp3) is 0.353. The van der Waals surface area contributed by atoms with Gasteiger partial charge in [-0.25, -0.2) is 9.18 Å². The number of esters is 1. The van der Waals surface area contributed by atoms with Crippen LogP contribution in [0.1, 0.15) is 46.3 Å². The SMILES string of the molecule is CCOC(=O)c1cnn2c1C(=O)N(c1ccc(C(F)(F)F)c(F)c1)C[C@@H]2C.S. The van der Waals surface area contributed by atoms with E-state index >= 15 is 0 Å². The topological polar surface area (TPSA) is 64.4 Å². The lowest BCUT2D eigenvalue weighted by atomic mass is 10.1. The summed E-state index contributed by atoms with van der Waals surface area (Å²) in [7, 11) is 0. The Hall–Kier alpha value is -2.56. The molecule has 1 aromatic heterocycles. The maximum absolute atomic E-state index is 13.9. The second-order valence-electron chi connectivity index (χ2n) is 6.00. The fourth-order valence-electron chi connectivity index (χ4n) is 2.94. The monoisotopic (exact) mass is 419 g/mol. The van der Waals surface area contributed by atoms with Gasteiger partial charge in [0.2, 0.25) is 0 Å². The smallest absolute Gasteiger partial charge is 0.419 e. The maximum Gasteiger partial charge on any atom is 0.419 e. The number of alkyl halides is 3. The van der Waals surface area contributed by atoms with Crippen LogP contribution in [0.3, 0.4) is 0 Å². The first-order valence-corrected chi connectivity index (χ1v) is 8.08. The molecule has 0 saturated heterocycles. The molecule has 0 N–H and O–H groups in total. The van der Waals surface area contributed by atoms with Crippen LogP contribution in [0.25, 0.3) is 0 Å². The summed E-state index contributed by atoms with van der Waals surface area (Å²) in [5.41, 5.74) is -1.56. The average molecular weight is 419 g/mol. The predicted molar refractivity (Wildman–Crippen MR) is 96.4 cm³/mol. The van der Waals surface area contributed by atoms with Gasteiger partial charge in [-0.2, -0.15) is 31.8 Å². The van der Waals surface area contributed by atoms with Crippen molar-refractivity contribution in [2.75, 3.05) is 18.1 Å². The van der Waals surface area contributed by atoms with E-state index in [9.17, 15) is 27.2 Å². The van der Waals surface area contributed by atoms with E-state index in [0.29, 0.717) is 12.1 Å². The molecular formula is C17H17F4N3O3S. The van der Waals surface area contributed by atoms with Crippen molar-refractivity contribution >= 4 is 31.1 Å². The van der Waals surface area contributed by atoms with Gasteiger partial charge in [0, 0.05) is 12.2 Å². The van der Waals surface area contributed by atoms with Crippen LogP contribution in [0.4, 0.5) is 23.2 Å². The molecule has 1 aliphatic rings. The van der Waals surface area contributed by atoms with E-state index in [1.165, 1.54) is 10.9 Å². The number of fused-ring (bicyclic) bond motifs is 1. The molecule has 2 heterocycles. The molecule has 152 valence electrons. The van der Waals surface area contributed by atoms with Gasteiger partial charge in [-0.1, -0.05) is 0 Å². The normalized spacial score (nSPS) is 16.4. The lowest BCUT2D eigenvalue weighted by Gasteiger charge is -2.32. The predicted octanol–water partition coefficient (Wildman–Crippen LogP) is 3.55. The summed E-state index contributed by atoms with van der Waals surface area (Å²) in [5, 5.41) is 4.03. The van der Waals surface area contributed by atoms with E-state index in [-0.39, 0.29) is 49.6 Å². The zero-order valence-electron chi connectivity index (χ0n) is 14.9. The average Bonchev–Trinajstić information content (AvgIpc) is 3.03. The van der Waals surface area contributed by atoms with Crippen LogP contribution in [0.5, 0.6) is 0 Å². The zero-order valence-corrected chi connectivity index (χ0v) is 15.9. The molecule has 1 atom stereocenters. The van der Waals surface area contributed by atoms with Gasteiger partial charge in [-0.3, -0.25) is 9.48 Å².